The zero-order valence-electron chi connectivity index (χ0n) is 18.2. The van der Waals surface area contributed by atoms with Crippen LogP contribution >= 0.6 is 0 Å². The number of nitrogens with zero attached hydrogens (tertiary/aromatic N) is 2. The second kappa shape index (κ2) is 8.12. The van der Waals surface area contributed by atoms with Crippen molar-refractivity contribution in [2.24, 2.45) is 0 Å². The van der Waals surface area contributed by atoms with E-state index in [-0.39, 0.29) is 4.90 Å². The number of ether oxygens (including phenoxy) is 1. The van der Waals surface area contributed by atoms with Crippen molar-refractivity contribution >= 4 is 26.7 Å². The molecule has 0 unspecified atom stereocenters. The molecule has 160 valence electrons. The van der Waals surface area contributed by atoms with E-state index < -0.39 is 10.0 Å². The zero-order valence-corrected chi connectivity index (χ0v) is 19.0. The molecule has 5 nitrogen and oxygen atoms in total. The number of methoxy groups -OCH3 is 1. The van der Waals surface area contributed by atoms with Crippen LogP contribution in [0.5, 0.6) is 5.75 Å². The molecule has 0 N–H and O–H groups in total. The summed E-state index contributed by atoms with van der Waals surface area (Å²) < 4.78 is 35.6. The van der Waals surface area contributed by atoms with Crippen LogP contribution in [0.4, 0.5) is 5.82 Å². The summed E-state index contributed by atoms with van der Waals surface area (Å²) in [5.41, 5.74) is 4.01. The lowest BCUT2D eigenvalue weighted by Crippen LogP contribution is -2.29. The van der Waals surface area contributed by atoms with Crippen LogP contribution in [0.2, 0.25) is 0 Å². The van der Waals surface area contributed by atoms with Gasteiger partial charge in [-0.2, -0.15) is 0 Å². The zero-order chi connectivity index (χ0) is 22.2. The second-order valence-electron chi connectivity index (χ2n) is 7.69. The monoisotopic (exact) mass is 434 g/mol. The van der Waals surface area contributed by atoms with Gasteiger partial charge < -0.3 is 9.30 Å². The van der Waals surface area contributed by atoms with Gasteiger partial charge in [-0.15, -0.1) is 0 Å². The summed E-state index contributed by atoms with van der Waals surface area (Å²) in [7, 11) is -0.446. The Morgan fingerprint density at radius 2 is 1.55 bits per heavy atom. The van der Waals surface area contributed by atoms with Crippen molar-refractivity contribution in [3.05, 3.63) is 89.5 Å². The summed E-state index contributed by atoms with van der Waals surface area (Å²) in [6.07, 6.45) is 0. The van der Waals surface area contributed by atoms with Crippen molar-refractivity contribution in [3.63, 3.8) is 0 Å². The molecule has 0 aliphatic carbocycles. The molecule has 0 atom stereocenters. The lowest BCUT2D eigenvalue weighted by molar-refractivity contribution is 0.414. The number of hydrogen-bond acceptors (Lipinski definition) is 3. The molecule has 4 aromatic rings. The number of benzene rings is 3. The van der Waals surface area contributed by atoms with Gasteiger partial charge in [0.2, 0.25) is 0 Å². The van der Waals surface area contributed by atoms with Crippen LogP contribution in [0.3, 0.4) is 0 Å². The first-order valence-electron chi connectivity index (χ1n) is 10.1. The number of aromatic nitrogens is 1. The smallest absolute Gasteiger partial charge is 0.265 e. The van der Waals surface area contributed by atoms with Gasteiger partial charge in [0.15, 0.2) is 0 Å². The minimum atomic E-state index is -3.71. The average molecular weight is 435 g/mol. The maximum atomic E-state index is 13.5. The predicted octanol–water partition coefficient (Wildman–Crippen LogP) is 5.14. The normalized spacial score (nSPS) is 11.6. The third-order valence-electron chi connectivity index (χ3n) is 5.67. The fourth-order valence-corrected chi connectivity index (χ4v) is 5.18. The standard InChI is InChI=1S/C25H26N2O3S/c1-18-9-15-22(16-10-18)31(28,29)26(3)25-19(2)23-7-5-6-8-24(23)27(25)17-20-11-13-21(30-4)14-12-20/h5-16H,17H2,1-4H3. The van der Waals surface area contributed by atoms with Gasteiger partial charge in [-0.05, 0) is 49.7 Å². The van der Waals surface area contributed by atoms with Crippen LogP contribution in [0.1, 0.15) is 16.7 Å². The molecule has 1 aromatic heterocycles. The van der Waals surface area contributed by atoms with Crippen LogP contribution in [0.15, 0.2) is 77.7 Å². The predicted molar refractivity (Wildman–Crippen MR) is 126 cm³/mol. The minimum absolute atomic E-state index is 0.279. The quantitative estimate of drug-likeness (QED) is 0.422. The molecule has 0 amide bonds. The third-order valence-corrected chi connectivity index (χ3v) is 7.43. The van der Waals surface area contributed by atoms with Crippen LogP contribution < -0.4 is 9.04 Å². The molecule has 0 aliphatic rings. The molecule has 6 heteroatoms. The van der Waals surface area contributed by atoms with Gasteiger partial charge in [0.1, 0.15) is 11.6 Å². The molecule has 3 aromatic carbocycles. The van der Waals surface area contributed by atoms with Crippen molar-refractivity contribution in [3.8, 4) is 5.75 Å². The number of hydrogen-bond donors (Lipinski definition) is 0. The van der Waals surface area contributed by atoms with Crippen molar-refractivity contribution in [1.82, 2.24) is 4.57 Å². The summed E-state index contributed by atoms with van der Waals surface area (Å²) in [6, 6.07) is 22.8. The molecule has 1 heterocycles. The van der Waals surface area contributed by atoms with Gasteiger partial charge >= 0.3 is 0 Å². The van der Waals surface area contributed by atoms with Gasteiger partial charge in [0.25, 0.3) is 10.0 Å². The molecule has 0 bridgehead atoms. The van der Waals surface area contributed by atoms with E-state index in [0.717, 1.165) is 33.3 Å². The Balaban J connectivity index is 1.85. The maximum Gasteiger partial charge on any atom is 0.265 e. The number of fused-ring (bicyclic) bond motifs is 1. The average Bonchev–Trinajstić information content (AvgIpc) is 3.05. The highest BCUT2D eigenvalue weighted by molar-refractivity contribution is 7.92. The molecular weight excluding hydrogens is 408 g/mol. The van der Waals surface area contributed by atoms with E-state index in [1.165, 1.54) is 4.31 Å². The number of sulfonamides is 1. The largest absolute Gasteiger partial charge is 0.497 e. The van der Waals surface area contributed by atoms with Gasteiger partial charge in [0, 0.05) is 24.5 Å². The Morgan fingerprint density at radius 3 is 2.19 bits per heavy atom. The summed E-state index contributed by atoms with van der Waals surface area (Å²) >= 11 is 0. The highest BCUT2D eigenvalue weighted by Gasteiger charge is 2.27. The van der Waals surface area contributed by atoms with E-state index in [1.807, 2.05) is 74.5 Å². The lowest BCUT2D eigenvalue weighted by Gasteiger charge is -2.23. The van der Waals surface area contributed by atoms with Gasteiger partial charge in [-0.25, -0.2) is 8.42 Å². The summed E-state index contributed by atoms with van der Waals surface area (Å²) in [5, 5.41) is 1.04. The Labute approximate surface area is 183 Å². The summed E-state index contributed by atoms with van der Waals surface area (Å²) in [6.45, 7) is 4.46. The molecule has 0 fully saturated rings. The Bertz CT molecular complexity index is 1320. The molecule has 0 radical (unpaired) electrons. The van der Waals surface area contributed by atoms with E-state index in [9.17, 15) is 8.42 Å². The first kappa shape index (κ1) is 21.0. The SMILES string of the molecule is COc1ccc(Cn2c(N(C)S(=O)(=O)c3ccc(C)cc3)c(C)c3ccccc32)cc1. The molecular formula is C25H26N2O3S. The highest BCUT2D eigenvalue weighted by Crippen LogP contribution is 2.35. The minimum Gasteiger partial charge on any atom is -0.497 e. The van der Waals surface area contributed by atoms with Crippen molar-refractivity contribution in [2.75, 3.05) is 18.5 Å². The fourth-order valence-electron chi connectivity index (χ4n) is 3.93. The van der Waals surface area contributed by atoms with E-state index in [4.69, 9.17) is 4.74 Å². The summed E-state index contributed by atoms with van der Waals surface area (Å²) in [5.74, 6) is 1.45. The Kier molecular flexibility index (Phi) is 5.50. The topological polar surface area (TPSA) is 51.5 Å². The van der Waals surface area contributed by atoms with E-state index in [1.54, 1.807) is 26.3 Å². The van der Waals surface area contributed by atoms with Crippen molar-refractivity contribution in [1.29, 1.82) is 0 Å². The molecule has 4 rings (SSSR count). The molecule has 31 heavy (non-hydrogen) atoms. The molecule has 0 saturated heterocycles. The number of anilines is 1. The fraction of sp³-hybridized carbons (Fsp3) is 0.200. The van der Waals surface area contributed by atoms with Gasteiger partial charge in [-0.1, -0.05) is 48.0 Å². The first-order valence-corrected chi connectivity index (χ1v) is 11.5. The van der Waals surface area contributed by atoms with Crippen molar-refractivity contribution < 1.29 is 13.2 Å². The van der Waals surface area contributed by atoms with Crippen LogP contribution in [0.25, 0.3) is 10.9 Å². The van der Waals surface area contributed by atoms with E-state index in [0.29, 0.717) is 12.4 Å². The summed E-state index contributed by atoms with van der Waals surface area (Å²) in [4.78, 5) is 0.279. The molecule has 0 saturated carbocycles. The Hall–Kier alpha value is -3.25. The Morgan fingerprint density at radius 1 is 0.903 bits per heavy atom. The number of aryl methyl sites for hydroxylation is 2. The van der Waals surface area contributed by atoms with E-state index >= 15 is 0 Å². The maximum absolute atomic E-state index is 13.5. The highest BCUT2D eigenvalue weighted by atomic mass is 32.2. The van der Waals surface area contributed by atoms with Gasteiger partial charge in [0.05, 0.1) is 17.5 Å². The van der Waals surface area contributed by atoms with Crippen LogP contribution in [-0.2, 0) is 16.6 Å². The first-order chi connectivity index (χ1) is 14.8. The van der Waals surface area contributed by atoms with E-state index in [2.05, 4.69) is 4.57 Å². The number of rotatable bonds is 6. The third kappa shape index (κ3) is 3.79. The van der Waals surface area contributed by atoms with Gasteiger partial charge in [-0.3, -0.25) is 4.31 Å². The van der Waals surface area contributed by atoms with Crippen LogP contribution in [0, 0.1) is 13.8 Å². The van der Waals surface area contributed by atoms with Crippen molar-refractivity contribution in [2.45, 2.75) is 25.3 Å². The number of para-hydroxylation sites is 1. The van der Waals surface area contributed by atoms with Crippen LogP contribution in [-0.4, -0.2) is 27.1 Å². The second-order valence-corrected chi connectivity index (χ2v) is 9.65. The molecule has 0 aliphatic heterocycles. The lowest BCUT2D eigenvalue weighted by atomic mass is 10.2. The molecule has 0 spiro atoms.